The number of carbonyl (C=O) groups is 3. The van der Waals surface area contributed by atoms with Crippen LogP contribution in [0, 0.1) is 0 Å². The fourth-order valence-electron chi connectivity index (χ4n) is 8.81. The van der Waals surface area contributed by atoms with E-state index in [1.165, 1.54) is 109 Å². The van der Waals surface area contributed by atoms with E-state index in [-0.39, 0.29) is 31.1 Å². The topological polar surface area (TPSA) is 78.9 Å². The number of esters is 3. The quantitative estimate of drug-likeness (QED) is 0.0261. The van der Waals surface area contributed by atoms with Gasteiger partial charge in [-0.2, -0.15) is 0 Å². The van der Waals surface area contributed by atoms with Gasteiger partial charge in [0, 0.05) is 19.3 Å². The zero-order valence-corrected chi connectivity index (χ0v) is 49.7. The largest absolute Gasteiger partial charge is 0.462 e. The van der Waals surface area contributed by atoms with Crippen molar-refractivity contribution in [2.75, 3.05) is 13.2 Å². The minimum atomic E-state index is -0.796. The van der Waals surface area contributed by atoms with Gasteiger partial charge in [-0.15, -0.1) is 0 Å². The lowest BCUT2D eigenvalue weighted by Gasteiger charge is -2.18. The van der Waals surface area contributed by atoms with Crippen molar-refractivity contribution in [3.8, 4) is 0 Å². The first kappa shape index (κ1) is 72.1. The van der Waals surface area contributed by atoms with E-state index in [1.807, 2.05) is 0 Å². The lowest BCUT2D eigenvalue weighted by Crippen LogP contribution is -2.30. The molecule has 0 aromatic rings. The van der Waals surface area contributed by atoms with Gasteiger partial charge in [-0.05, 0) is 103 Å². The first-order chi connectivity index (χ1) is 37.5. The number of rotatable bonds is 57. The number of ether oxygens (including phenoxy) is 3. The molecule has 0 rings (SSSR count). The van der Waals surface area contributed by atoms with Crippen molar-refractivity contribution < 1.29 is 28.6 Å². The van der Waals surface area contributed by atoms with Gasteiger partial charge in [0.25, 0.3) is 0 Å². The molecule has 0 saturated carbocycles. The Kier molecular flexibility index (Phi) is 60.3. The van der Waals surface area contributed by atoms with E-state index in [4.69, 9.17) is 14.2 Å². The fraction of sp³-hybridized carbons (Fsp3) is 0.700. The first-order valence-electron chi connectivity index (χ1n) is 31.9. The van der Waals surface area contributed by atoms with E-state index in [9.17, 15) is 14.4 Å². The van der Waals surface area contributed by atoms with E-state index in [2.05, 4.69) is 130 Å². The van der Waals surface area contributed by atoms with E-state index >= 15 is 0 Å². The molecule has 0 aliphatic carbocycles. The second-order valence-electron chi connectivity index (χ2n) is 20.9. The molecule has 0 N–H and O–H groups in total. The van der Waals surface area contributed by atoms with Crippen LogP contribution in [0.25, 0.3) is 0 Å². The van der Waals surface area contributed by atoms with Crippen LogP contribution in [-0.2, 0) is 28.6 Å². The third-order valence-electron chi connectivity index (χ3n) is 13.5. The van der Waals surface area contributed by atoms with Gasteiger partial charge in [0.2, 0.25) is 0 Å². The van der Waals surface area contributed by atoms with Crippen LogP contribution in [0.4, 0.5) is 0 Å². The fourth-order valence-corrected chi connectivity index (χ4v) is 8.81. The summed E-state index contributed by atoms with van der Waals surface area (Å²) in [4.78, 5) is 38.4. The predicted molar refractivity (Wildman–Crippen MR) is 330 cm³/mol. The molecule has 0 bridgehead atoms. The summed E-state index contributed by atoms with van der Waals surface area (Å²) in [5.41, 5.74) is 0. The van der Waals surface area contributed by atoms with Crippen LogP contribution in [0.3, 0.4) is 0 Å². The maximum absolute atomic E-state index is 12.9. The smallest absolute Gasteiger partial charge is 0.306 e. The lowest BCUT2D eigenvalue weighted by atomic mass is 10.0. The van der Waals surface area contributed by atoms with Crippen molar-refractivity contribution in [1.82, 2.24) is 0 Å². The predicted octanol–water partition coefficient (Wildman–Crippen LogP) is 21.8. The molecule has 0 fully saturated rings. The molecule has 1 unspecified atom stereocenters. The molecule has 6 nitrogen and oxygen atoms in total. The van der Waals surface area contributed by atoms with Crippen molar-refractivity contribution in [2.45, 2.75) is 303 Å². The maximum atomic E-state index is 12.9. The van der Waals surface area contributed by atoms with Crippen LogP contribution >= 0.6 is 0 Å². The summed E-state index contributed by atoms with van der Waals surface area (Å²) in [6, 6.07) is 0. The minimum Gasteiger partial charge on any atom is -0.462 e. The van der Waals surface area contributed by atoms with Crippen LogP contribution in [0.1, 0.15) is 297 Å². The molecule has 0 heterocycles. The zero-order valence-electron chi connectivity index (χ0n) is 49.7. The Bertz CT molecular complexity index is 1540. The highest BCUT2D eigenvalue weighted by atomic mass is 16.6. The second kappa shape index (κ2) is 63.6. The van der Waals surface area contributed by atoms with Gasteiger partial charge < -0.3 is 14.2 Å². The SMILES string of the molecule is CC/C=C\C/C=C\C/C=C\C/C=C\C/C=C\CCCCCCCC(=O)OCC(COC(=O)CCCCCCCCCCCCCCCCCCCC)OC(=O)CCCCCCCC/C=C\C/C=C\C/C=C\C/C=C\CC. The van der Waals surface area contributed by atoms with Gasteiger partial charge in [-0.25, -0.2) is 0 Å². The molecule has 0 aromatic heterocycles. The second-order valence-corrected chi connectivity index (χ2v) is 20.9. The van der Waals surface area contributed by atoms with Gasteiger partial charge in [0.1, 0.15) is 13.2 Å². The highest BCUT2D eigenvalue weighted by Crippen LogP contribution is 2.16. The molecule has 0 radical (unpaired) electrons. The molecule has 0 aromatic carbocycles. The average Bonchev–Trinajstić information content (AvgIpc) is 3.42. The van der Waals surface area contributed by atoms with Crippen molar-refractivity contribution in [3.05, 3.63) is 109 Å². The number of hydrogen-bond donors (Lipinski definition) is 0. The molecule has 0 saturated heterocycles. The molecule has 1 atom stereocenters. The minimum absolute atomic E-state index is 0.0892. The Morgan fingerprint density at radius 1 is 0.276 bits per heavy atom. The number of allylic oxidation sites excluding steroid dienone is 18. The monoisotopic (exact) mass is 1050 g/mol. The summed E-state index contributed by atoms with van der Waals surface area (Å²) < 4.78 is 16.9. The normalized spacial score (nSPS) is 12.8. The highest BCUT2D eigenvalue weighted by molar-refractivity contribution is 5.71. The van der Waals surface area contributed by atoms with Crippen molar-refractivity contribution >= 4 is 17.9 Å². The van der Waals surface area contributed by atoms with Crippen molar-refractivity contribution in [1.29, 1.82) is 0 Å². The van der Waals surface area contributed by atoms with Gasteiger partial charge in [-0.3, -0.25) is 14.4 Å². The van der Waals surface area contributed by atoms with Gasteiger partial charge in [-0.1, -0.05) is 284 Å². The summed E-state index contributed by atoms with van der Waals surface area (Å²) in [5, 5.41) is 0. The summed E-state index contributed by atoms with van der Waals surface area (Å²) in [7, 11) is 0. The molecule has 0 amide bonds. The molecule has 434 valence electrons. The number of unbranched alkanes of at least 4 members (excludes halogenated alkanes) is 28. The number of hydrogen-bond acceptors (Lipinski definition) is 6. The Morgan fingerprint density at radius 3 is 0.803 bits per heavy atom. The van der Waals surface area contributed by atoms with Gasteiger partial charge >= 0.3 is 17.9 Å². The van der Waals surface area contributed by atoms with Crippen molar-refractivity contribution in [2.24, 2.45) is 0 Å². The van der Waals surface area contributed by atoms with E-state index in [1.54, 1.807) is 0 Å². The third-order valence-corrected chi connectivity index (χ3v) is 13.5. The Hall–Kier alpha value is -3.93. The maximum Gasteiger partial charge on any atom is 0.306 e. The third kappa shape index (κ3) is 60.9. The molecule has 76 heavy (non-hydrogen) atoms. The zero-order chi connectivity index (χ0) is 55.0. The van der Waals surface area contributed by atoms with Crippen LogP contribution in [-0.4, -0.2) is 37.2 Å². The Morgan fingerprint density at radius 2 is 0.513 bits per heavy atom. The Balaban J connectivity index is 4.45. The lowest BCUT2D eigenvalue weighted by molar-refractivity contribution is -0.167. The van der Waals surface area contributed by atoms with Crippen LogP contribution in [0.2, 0.25) is 0 Å². The summed E-state index contributed by atoms with van der Waals surface area (Å²) in [5.74, 6) is -0.913. The summed E-state index contributed by atoms with van der Waals surface area (Å²) in [6.07, 6.45) is 86.5. The molecule has 0 aliphatic rings. The van der Waals surface area contributed by atoms with Gasteiger partial charge in [0.05, 0.1) is 0 Å². The molecule has 6 heteroatoms. The number of carbonyl (C=O) groups excluding carboxylic acids is 3. The van der Waals surface area contributed by atoms with E-state index in [0.717, 1.165) is 148 Å². The van der Waals surface area contributed by atoms with E-state index in [0.29, 0.717) is 19.3 Å². The van der Waals surface area contributed by atoms with Crippen LogP contribution in [0.5, 0.6) is 0 Å². The summed E-state index contributed by atoms with van der Waals surface area (Å²) in [6.45, 7) is 6.42. The van der Waals surface area contributed by atoms with Crippen molar-refractivity contribution in [3.63, 3.8) is 0 Å². The highest BCUT2D eigenvalue weighted by Gasteiger charge is 2.19. The standard InChI is InChI=1S/C70H118O6/c1-4-7-10-13-16-19-22-25-28-31-34-35-37-39-42-45-48-51-54-57-60-63-69(72)75-66-67(65-74-68(71)62-59-56-53-50-47-44-41-38-33-30-27-24-21-18-15-12-9-6-3)76-70(73)64-61-58-55-52-49-46-43-40-36-32-29-26-23-20-17-14-11-8-5-2/h7-8,10-11,16-17,19-20,25-26,28-29,34-36,39-40,42,67H,4-6,9,12-15,18,21-24,27,30-33,37-38,41,43-66H2,1-3H3/b10-7-,11-8-,19-16-,20-17-,28-25-,29-26-,35-34-,40-36-,42-39-. The average molecular weight is 1060 g/mol. The van der Waals surface area contributed by atoms with E-state index < -0.39 is 6.10 Å². The first-order valence-corrected chi connectivity index (χ1v) is 31.9. The van der Waals surface area contributed by atoms with Crippen LogP contribution in [0.15, 0.2) is 109 Å². The molecule has 0 spiro atoms. The molecular formula is C70H118O6. The van der Waals surface area contributed by atoms with Crippen LogP contribution < -0.4 is 0 Å². The molecular weight excluding hydrogens is 937 g/mol. The van der Waals surface area contributed by atoms with Gasteiger partial charge in [0.15, 0.2) is 6.10 Å². The Labute approximate surface area is 470 Å². The molecule has 0 aliphatic heterocycles. The summed E-state index contributed by atoms with van der Waals surface area (Å²) >= 11 is 0.